The van der Waals surface area contributed by atoms with Crippen LogP contribution in [0.25, 0.3) is 11.0 Å². The highest BCUT2D eigenvalue weighted by Gasteiger charge is 2.43. The van der Waals surface area contributed by atoms with Crippen molar-refractivity contribution in [2.45, 2.75) is 69.4 Å². The lowest BCUT2D eigenvalue weighted by Crippen LogP contribution is -2.52. The Morgan fingerprint density at radius 3 is 2.64 bits per heavy atom. The second-order valence-corrected chi connectivity index (χ2v) is 8.72. The first-order valence-electron chi connectivity index (χ1n) is 10.2. The summed E-state index contributed by atoms with van der Waals surface area (Å²) >= 11 is 6.53. The Kier molecular flexibility index (Phi) is 4.27. The predicted octanol–water partition coefficient (Wildman–Crippen LogP) is 5.05. The van der Waals surface area contributed by atoms with Gasteiger partial charge in [0.2, 0.25) is 0 Å². The standard InChI is InChI=1S/C21H24ClN3O3/c22-14-10-12-11-15(19(26)23-13-6-2-3-7-13)28-18(12)16-17(14)24-20(27)25-21(16)8-4-1-5-9-21/h10-11,13H,1-9H2,(H,23,26)(H2,24,25,27). The third-order valence-corrected chi connectivity index (χ3v) is 6.75. The van der Waals surface area contributed by atoms with Crippen LogP contribution in [0.5, 0.6) is 0 Å². The van der Waals surface area contributed by atoms with Gasteiger partial charge in [0.15, 0.2) is 5.76 Å². The van der Waals surface area contributed by atoms with E-state index in [1.165, 1.54) is 0 Å². The molecule has 6 nitrogen and oxygen atoms in total. The molecule has 0 bridgehead atoms. The maximum absolute atomic E-state index is 12.7. The van der Waals surface area contributed by atoms with Gasteiger partial charge in [-0.05, 0) is 37.8 Å². The number of amides is 3. The van der Waals surface area contributed by atoms with E-state index in [4.69, 9.17) is 16.0 Å². The number of hydrogen-bond acceptors (Lipinski definition) is 3. The molecule has 2 aliphatic carbocycles. The van der Waals surface area contributed by atoms with Crippen LogP contribution in [-0.4, -0.2) is 18.0 Å². The van der Waals surface area contributed by atoms with Gasteiger partial charge >= 0.3 is 6.03 Å². The lowest BCUT2D eigenvalue weighted by Gasteiger charge is -2.42. The first-order chi connectivity index (χ1) is 13.6. The molecule has 0 saturated heterocycles. The van der Waals surface area contributed by atoms with E-state index in [-0.39, 0.29) is 18.0 Å². The molecule has 7 heteroatoms. The quantitative estimate of drug-likeness (QED) is 0.658. The van der Waals surface area contributed by atoms with Crippen LogP contribution in [0.1, 0.15) is 73.9 Å². The summed E-state index contributed by atoms with van der Waals surface area (Å²) < 4.78 is 6.09. The van der Waals surface area contributed by atoms with Gasteiger partial charge in [0.1, 0.15) is 5.58 Å². The Morgan fingerprint density at radius 2 is 1.89 bits per heavy atom. The Labute approximate surface area is 168 Å². The highest BCUT2D eigenvalue weighted by Crippen LogP contribution is 2.48. The van der Waals surface area contributed by atoms with Crippen LogP contribution in [0.2, 0.25) is 5.02 Å². The molecule has 0 unspecified atom stereocenters. The topological polar surface area (TPSA) is 83.4 Å². The second kappa shape index (κ2) is 6.69. The van der Waals surface area contributed by atoms with Crippen LogP contribution < -0.4 is 16.0 Å². The van der Waals surface area contributed by atoms with Crippen LogP contribution in [-0.2, 0) is 5.54 Å². The number of anilines is 1. The van der Waals surface area contributed by atoms with Gasteiger partial charge in [-0.1, -0.05) is 43.7 Å². The monoisotopic (exact) mass is 401 g/mol. The lowest BCUT2D eigenvalue weighted by atomic mass is 9.74. The zero-order valence-electron chi connectivity index (χ0n) is 15.7. The number of carbonyl (C=O) groups excluding carboxylic acids is 2. The highest BCUT2D eigenvalue weighted by molar-refractivity contribution is 6.35. The van der Waals surface area contributed by atoms with Gasteiger partial charge in [-0.15, -0.1) is 0 Å². The maximum Gasteiger partial charge on any atom is 0.319 e. The summed E-state index contributed by atoms with van der Waals surface area (Å²) in [7, 11) is 0. The van der Waals surface area contributed by atoms with E-state index in [1.54, 1.807) is 12.1 Å². The number of rotatable bonds is 2. The van der Waals surface area contributed by atoms with Crippen molar-refractivity contribution in [2.24, 2.45) is 0 Å². The molecule has 2 saturated carbocycles. The molecule has 0 atom stereocenters. The molecule has 2 heterocycles. The van der Waals surface area contributed by atoms with Gasteiger partial charge in [0.05, 0.1) is 16.2 Å². The molecule has 1 aromatic carbocycles. The molecule has 3 aliphatic rings. The third kappa shape index (κ3) is 2.85. The number of nitrogens with one attached hydrogen (secondary N) is 3. The number of carbonyl (C=O) groups is 2. The minimum atomic E-state index is -0.490. The van der Waals surface area contributed by atoms with Crippen molar-refractivity contribution in [2.75, 3.05) is 5.32 Å². The molecule has 1 aromatic heterocycles. The molecule has 28 heavy (non-hydrogen) atoms. The fourth-order valence-electron chi connectivity index (χ4n) is 5.12. The average Bonchev–Trinajstić information content (AvgIpc) is 3.32. The Hall–Kier alpha value is -2.21. The fraction of sp³-hybridized carbons (Fsp3) is 0.524. The predicted molar refractivity (Wildman–Crippen MR) is 108 cm³/mol. The van der Waals surface area contributed by atoms with Crippen LogP contribution >= 0.6 is 11.6 Å². The van der Waals surface area contributed by atoms with E-state index in [1.807, 2.05) is 0 Å². The van der Waals surface area contributed by atoms with Crippen molar-refractivity contribution in [3.8, 4) is 0 Å². The zero-order chi connectivity index (χ0) is 19.3. The molecule has 3 N–H and O–H groups in total. The van der Waals surface area contributed by atoms with Crippen LogP contribution in [0.4, 0.5) is 10.5 Å². The van der Waals surface area contributed by atoms with Crippen molar-refractivity contribution in [3.05, 3.63) is 28.5 Å². The van der Waals surface area contributed by atoms with Crippen molar-refractivity contribution in [3.63, 3.8) is 0 Å². The van der Waals surface area contributed by atoms with Crippen molar-refractivity contribution in [1.29, 1.82) is 0 Å². The van der Waals surface area contributed by atoms with Gasteiger partial charge in [0.25, 0.3) is 5.91 Å². The summed E-state index contributed by atoms with van der Waals surface area (Å²) in [5.74, 6) is 0.118. The largest absolute Gasteiger partial charge is 0.450 e. The summed E-state index contributed by atoms with van der Waals surface area (Å²) in [5, 5.41) is 10.3. The number of fused-ring (bicyclic) bond motifs is 4. The van der Waals surface area contributed by atoms with Gasteiger partial charge in [-0.2, -0.15) is 0 Å². The maximum atomic E-state index is 12.7. The molecule has 5 rings (SSSR count). The Morgan fingerprint density at radius 1 is 1.14 bits per heavy atom. The average molecular weight is 402 g/mol. The molecule has 2 aromatic rings. The van der Waals surface area contributed by atoms with Crippen molar-refractivity contribution >= 4 is 40.2 Å². The lowest BCUT2D eigenvalue weighted by molar-refractivity contribution is 0.0911. The molecule has 1 aliphatic heterocycles. The van der Waals surface area contributed by atoms with Gasteiger partial charge in [-0.25, -0.2) is 4.79 Å². The molecule has 2 fully saturated rings. The Balaban J connectivity index is 1.61. The molecular weight excluding hydrogens is 378 g/mol. The van der Waals surface area contributed by atoms with E-state index < -0.39 is 5.54 Å². The van der Waals surface area contributed by atoms with Crippen LogP contribution in [0.3, 0.4) is 0 Å². The summed E-state index contributed by atoms with van der Waals surface area (Å²) in [6, 6.07) is 3.53. The molecule has 3 amide bonds. The number of furan rings is 1. The van der Waals surface area contributed by atoms with Crippen LogP contribution in [0, 0.1) is 0 Å². The number of hydrogen-bond donors (Lipinski definition) is 3. The van der Waals surface area contributed by atoms with E-state index in [9.17, 15) is 9.59 Å². The summed E-state index contributed by atoms with van der Waals surface area (Å²) in [6.07, 6.45) is 9.24. The fourth-order valence-corrected chi connectivity index (χ4v) is 5.38. The minimum Gasteiger partial charge on any atom is -0.450 e. The summed E-state index contributed by atoms with van der Waals surface area (Å²) in [6.45, 7) is 0. The van der Waals surface area contributed by atoms with Crippen molar-refractivity contribution < 1.29 is 14.0 Å². The minimum absolute atomic E-state index is 0.182. The van der Waals surface area contributed by atoms with Crippen molar-refractivity contribution in [1.82, 2.24) is 10.6 Å². The molecule has 1 spiro atoms. The van der Waals surface area contributed by atoms with E-state index in [0.717, 1.165) is 68.7 Å². The zero-order valence-corrected chi connectivity index (χ0v) is 16.5. The number of urea groups is 1. The third-order valence-electron chi connectivity index (χ3n) is 6.45. The van der Waals surface area contributed by atoms with Gasteiger partial charge in [0, 0.05) is 17.0 Å². The smallest absolute Gasteiger partial charge is 0.319 e. The van der Waals surface area contributed by atoms with E-state index >= 15 is 0 Å². The summed E-state index contributed by atoms with van der Waals surface area (Å²) in [4.78, 5) is 25.0. The highest BCUT2D eigenvalue weighted by atomic mass is 35.5. The van der Waals surface area contributed by atoms with E-state index in [2.05, 4.69) is 16.0 Å². The van der Waals surface area contributed by atoms with Gasteiger partial charge < -0.3 is 20.4 Å². The van der Waals surface area contributed by atoms with E-state index in [0.29, 0.717) is 22.1 Å². The molecular formula is C21H24ClN3O3. The first-order valence-corrected chi connectivity index (χ1v) is 10.6. The summed E-state index contributed by atoms with van der Waals surface area (Å²) in [5.41, 5.74) is 1.65. The Bertz CT molecular complexity index is 955. The van der Waals surface area contributed by atoms with Gasteiger partial charge in [-0.3, -0.25) is 4.79 Å². The number of halogens is 1. The number of benzene rings is 1. The first kappa shape index (κ1) is 17.9. The molecule has 148 valence electrons. The van der Waals surface area contributed by atoms with Crippen LogP contribution in [0.15, 0.2) is 16.5 Å². The molecule has 0 radical (unpaired) electrons. The SMILES string of the molecule is O=C1Nc2c(Cl)cc3cc(C(=O)NC4CCCC4)oc3c2C2(CCCCC2)N1. The second-order valence-electron chi connectivity index (χ2n) is 8.31. The normalized spacial score (nSPS) is 21.4.